The van der Waals surface area contributed by atoms with E-state index in [1.54, 1.807) is 20.8 Å². The average molecular weight is 291 g/mol. The predicted octanol–water partition coefficient (Wildman–Crippen LogP) is 2.33. The van der Waals surface area contributed by atoms with Gasteiger partial charge in [0.05, 0.1) is 12.6 Å². The Labute approximate surface area is 124 Å². The number of ether oxygens (including phenoxy) is 2. The van der Waals surface area contributed by atoms with E-state index < -0.39 is 17.7 Å². The van der Waals surface area contributed by atoms with Gasteiger partial charge in [0.15, 0.2) is 0 Å². The minimum atomic E-state index is -0.617. The molecule has 1 aromatic carbocycles. The Morgan fingerprint density at radius 1 is 1.43 bits per heavy atom. The molecule has 0 saturated carbocycles. The first-order valence-corrected chi connectivity index (χ1v) is 7.04. The van der Waals surface area contributed by atoms with Gasteiger partial charge < -0.3 is 19.6 Å². The van der Waals surface area contributed by atoms with E-state index in [0.717, 1.165) is 17.6 Å². The topological polar surface area (TPSA) is 64.6 Å². The molecule has 5 nitrogen and oxygen atoms in total. The van der Waals surface area contributed by atoms with Crippen molar-refractivity contribution in [3.05, 3.63) is 29.8 Å². The summed E-state index contributed by atoms with van der Waals surface area (Å²) >= 11 is 0. The highest BCUT2D eigenvalue weighted by Gasteiger charge is 2.29. The lowest BCUT2D eigenvalue weighted by Crippen LogP contribution is -2.47. The Morgan fingerprint density at radius 3 is 2.81 bits per heavy atom. The van der Waals surface area contributed by atoms with E-state index in [2.05, 4.69) is 5.32 Å². The molecule has 0 aromatic heterocycles. The van der Waals surface area contributed by atoms with Crippen LogP contribution in [0, 0.1) is 5.92 Å². The molecule has 1 amide bonds. The first-order valence-electron chi connectivity index (χ1n) is 7.04. The fraction of sp³-hybridized carbons (Fsp3) is 0.500. The summed E-state index contributed by atoms with van der Waals surface area (Å²) in [6, 6.07) is 7.10. The molecular weight excluding hydrogens is 270 g/mol. The monoisotopic (exact) mass is 291 g/mol. The van der Waals surface area contributed by atoms with Gasteiger partial charge >= 0.3 is 6.09 Å². The standard InChI is InChI=1S/C16H21NO4/c1-16(2,3)21-15(19)17-13(9-18)12-8-11-6-4-5-7-14(11)20-10-12/h4-7,9,12-13H,8,10H2,1-3H3,(H,17,19). The Kier molecular flexibility index (Phi) is 4.50. The zero-order chi connectivity index (χ0) is 15.5. The molecule has 2 rings (SSSR count). The Bertz CT molecular complexity index is 521. The number of fused-ring (bicyclic) bond motifs is 1. The van der Waals surface area contributed by atoms with Gasteiger partial charge in [-0.1, -0.05) is 18.2 Å². The summed E-state index contributed by atoms with van der Waals surface area (Å²) in [6.45, 7) is 5.74. The lowest BCUT2D eigenvalue weighted by Gasteiger charge is -2.30. The van der Waals surface area contributed by atoms with Gasteiger partial charge in [-0.15, -0.1) is 0 Å². The van der Waals surface area contributed by atoms with Crippen LogP contribution in [0.4, 0.5) is 4.79 Å². The van der Waals surface area contributed by atoms with Crippen LogP contribution in [-0.2, 0) is 16.0 Å². The third-order valence-electron chi connectivity index (χ3n) is 3.25. The molecule has 0 bridgehead atoms. The number of alkyl carbamates (subject to hydrolysis) is 1. The number of hydrogen-bond acceptors (Lipinski definition) is 4. The number of nitrogens with one attached hydrogen (secondary N) is 1. The fourth-order valence-electron chi connectivity index (χ4n) is 2.29. The summed E-state index contributed by atoms with van der Waals surface area (Å²) in [5.41, 5.74) is 0.458. The lowest BCUT2D eigenvalue weighted by molar-refractivity contribution is -0.111. The molecule has 0 radical (unpaired) electrons. The fourth-order valence-corrected chi connectivity index (χ4v) is 2.29. The van der Waals surface area contributed by atoms with E-state index in [1.807, 2.05) is 24.3 Å². The highest BCUT2D eigenvalue weighted by Crippen LogP contribution is 2.28. The van der Waals surface area contributed by atoms with Crippen LogP contribution in [0.2, 0.25) is 0 Å². The number of para-hydroxylation sites is 1. The summed E-state index contributed by atoms with van der Waals surface area (Å²) in [5, 5.41) is 2.61. The molecule has 0 fully saturated rings. The van der Waals surface area contributed by atoms with E-state index in [9.17, 15) is 9.59 Å². The van der Waals surface area contributed by atoms with Crippen molar-refractivity contribution in [1.82, 2.24) is 5.32 Å². The number of amides is 1. The summed E-state index contributed by atoms with van der Waals surface area (Å²) in [5.74, 6) is 0.751. The van der Waals surface area contributed by atoms with E-state index in [1.165, 1.54) is 0 Å². The van der Waals surface area contributed by atoms with E-state index in [0.29, 0.717) is 13.0 Å². The lowest BCUT2D eigenvalue weighted by atomic mass is 9.91. The number of rotatable bonds is 3. The van der Waals surface area contributed by atoms with Crippen molar-refractivity contribution >= 4 is 12.4 Å². The first-order chi connectivity index (χ1) is 9.89. The second-order valence-corrected chi connectivity index (χ2v) is 6.19. The second kappa shape index (κ2) is 6.16. The molecule has 2 unspecified atom stereocenters. The van der Waals surface area contributed by atoms with Crippen molar-refractivity contribution in [3.63, 3.8) is 0 Å². The minimum absolute atomic E-state index is 0.0927. The molecule has 2 atom stereocenters. The quantitative estimate of drug-likeness (QED) is 0.868. The highest BCUT2D eigenvalue weighted by molar-refractivity contribution is 5.73. The third kappa shape index (κ3) is 4.21. The predicted molar refractivity (Wildman–Crippen MR) is 78.4 cm³/mol. The molecule has 0 aliphatic carbocycles. The molecule has 1 aliphatic heterocycles. The van der Waals surface area contributed by atoms with Gasteiger partial charge in [-0.2, -0.15) is 0 Å². The molecule has 1 heterocycles. The summed E-state index contributed by atoms with van der Waals surface area (Å²) < 4.78 is 10.8. The molecule has 5 heteroatoms. The summed E-state index contributed by atoms with van der Waals surface area (Å²) in [6.07, 6.45) is 0.847. The molecule has 1 N–H and O–H groups in total. The van der Waals surface area contributed by atoms with Crippen LogP contribution in [0.15, 0.2) is 24.3 Å². The SMILES string of the molecule is CC(C)(C)OC(=O)NC(C=O)C1COc2ccccc2C1. The maximum Gasteiger partial charge on any atom is 0.408 e. The van der Waals surface area contributed by atoms with Crippen molar-refractivity contribution < 1.29 is 19.1 Å². The number of carbonyl (C=O) groups is 2. The van der Waals surface area contributed by atoms with E-state index in [4.69, 9.17) is 9.47 Å². The van der Waals surface area contributed by atoms with Crippen molar-refractivity contribution in [1.29, 1.82) is 0 Å². The Hall–Kier alpha value is -2.04. The summed E-state index contributed by atoms with van der Waals surface area (Å²) in [4.78, 5) is 23.1. The van der Waals surface area contributed by atoms with Gasteiger partial charge in [-0.25, -0.2) is 4.79 Å². The molecule has 0 saturated heterocycles. The number of benzene rings is 1. The molecule has 114 valence electrons. The molecule has 1 aliphatic rings. The van der Waals surface area contributed by atoms with Crippen LogP contribution in [0.3, 0.4) is 0 Å². The van der Waals surface area contributed by atoms with Gasteiger partial charge in [0, 0.05) is 5.92 Å². The van der Waals surface area contributed by atoms with Crippen LogP contribution < -0.4 is 10.1 Å². The van der Waals surface area contributed by atoms with Crippen LogP contribution in [-0.4, -0.2) is 30.6 Å². The second-order valence-electron chi connectivity index (χ2n) is 6.19. The van der Waals surface area contributed by atoms with Crippen LogP contribution in [0.25, 0.3) is 0 Å². The van der Waals surface area contributed by atoms with Crippen LogP contribution in [0.5, 0.6) is 5.75 Å². The zero-order valence-electron chi connectivity index (χ0n) is 12.6. The molecule has 1 aromatic rings. The van der Waals surface area contributed by atoms with Gasteiger partial charge in [0.25, 0.3) is 0 Å². The minimum Gasteiger partial charge on any atom is -0.493 e. The van der Waals surface area contributed by atoms with E-state index in [-0.39, 0.29) is 5.92 Å². The van der Waals surface area contributed by atoms with Gasteiger partial charge in [0.2, 0.25) is 0 Å². The van der Waals surface area contributed by atoms with Crippen molar-refractivity contribution in [3.8, 4) is 5.75 Å². The number of aldehydes is 1. The van der Waals surface area contributed by atoms with Crippen LogP contribution in [0.1, 0.15) is 26.3 Å². The zero-order valence-corrected chi connectivity index (χ0v) is 12.6. The largest absolute Gasteiger partial charge is 0.493 e. The number of hydrogen-bond donors (Lipinski definition) is 1. The normalized spacial score (nSPS) is 18.9. The van der Waals surface area contributed by atoms with Gasteiger partial charge in [0.1, 0.15) is 17.6 Å². The smallest absolute Gasteiger partial charge is 0.408 e. The number of carbonyl (C=O) groups excluding carboxylic acids is 2. The maximum absolute atomic E-state index is 11.8. The van der Waals surface area contributed by atoms with Crippen molar-refractivity contribution in [2.75, 3.05) is 6.61 Å². The first kappa shape index (κ1) is 15.4. The Morgan fingerprint density at radius 2 is 2.14 bits per heavy atom. The van der Waals surface area contributed by atoms with Crippen molar-refractivity contribution in [2.45, 2.75) is 38.8 Å². The summed E-state index contributed by atoms with van der Waals surface area (Å²) in [7, 11) is 0. The van der Waals surface area contributed by atoms with Gasteiger partial charge in [-0.3, -0.25) is 0 Å². The molecule has 0 spiro atoms. The highest BCUT2D eigenvalue weighted by atomic mass is 16.6. The van der Waals surface area contributed by atoms with Crippen LogP contribution >= 0.6 is 0 Å². The maximum atomic E-state index is 11.8. The van der Waals surface area contributed by atoms with Gasteiger partial charge in [-0.05, 0) is 38.8 Å². The Balaban J connectivity index is 2.00. The third-order valence-corrected chi connectivity index (χ3v) is 3.25. The molecular formula is C16H21NO4. The molecule has 21 heavy (non-hydrogen) atoms. The average Bonchev–Trinajstić information content (AvgIpc) is 2.42. The van der Waals surface area contributed by atoms with Crippen molar-refractivity contribution in [2.24, 2.45) is 5.92 Å². The van der Waals surface area contributed by atoms with E-state index >= 15 is 0 Å².